The van der Waals surface area contributed by atoms with E-state index in [0.717, 1.165) is 5.75 Å². The number of amides is 1. The zero-order valence-corrected chi connectivity index (χ0v) is 11.5. The Balaban J connectivity index is 1.95. The number of methoxy groups -OCH3 is 1. The van der Waals surface area contributed by atoms with Crippen molar-refractivity contribution in [3.05, 3.63) is 40.6 Å². The Morgan fingerprint density at radius 2 is 2.00 bits per heavy atom. The van der Waals surface area contributed by atoms with Gasteiger partial charge in [-0.2, -0.15) is 4.99 Å². The van der Waals surface area contributed by atoms with E-state index >= 15 is 0 Å². The van der Waals surface area contributed by atoms with Crippen LogP contribution >= 0.6 is 11.3 Å². The molecule has 1 aromatic carbocycles. The van der Waals surface area contributed by atoms with Crippen molar-refractivity contribution in [3.8, 4) is 11.5 Å². The van der Waals surface area contributed by atoms with Crippen molar-refractivity contribution in [1.29, 1.82) is 0 Å². The number of hydrogen-bond acceptors (Lipinski definition) is 4. The van der Waals surface area contributed by atoms with E-state index in [0.29, 0.717) is 10.6 Å². The van der Waals surface area contributed by atoms with Gasteiger partial charge in [-0.3, -0.25) is 4.79 Å². The van der Waals surface area contributed by atoms with E-state index in [1.807, 2.05) is 18.6 Å². The van der Waals surface area contributed by atoms with Crippen molar-refractivity contribution in [3.63, 3.8) is 0 Å². The van der Waals surface area contributed by atoms with Crippen molar-refractivity contribution in [2.75, 3.05) is 13.7 Å². The topological polar surface area (TPSA) is 52.8 Å². The number of carbonyl (C=O) groups is 1. The van der Waals surface area contributed by atoms with E-state index in [9.17, 15) is 4.79 Å². The first-order valence-corrected chi connectivity index (χ1v) is 6.51. The third-order valence-corrected chi connectivity index (χ3v) is 3.25. The van der Waals surface area contributed by atoms with Gasteiger partial charge >= 0.3 is 0 Å². The lowest BCUT2D eigenvalue weighted by Crippen LogP contribution is -2.16. The first kappa shape index (κ1) is 13.4. The Bertz CT molecular complexity index is 613. The number of thiazole rings is 1. The van der Waals surface area contributed by atoms with E-state index in [1.54, 1.807) is 35.9 Å². The standard InChI is InChI=1S/C13H14N2O3S/c1-15-7-8-19-13(15)14-12(16)9-18-11-5-3-10(17-2)4-6-11/h3-8H,9H2,1-2H3. The summed E-state index contributed by atoms with van der Waals surface area (Å²) in [7, 11) is 3.44. The molecule has 0 aliphatic rings. The third kappa shape index (κ3) is 3.69. The van der Waals surface area contributed by atoms with Gasteiger partial charge in [-0.1, -0.05) is 0 Å². The Morgan fingerprint density at radius 3 is 2.58 bits per heavy atom. The van der Waals surface area contributed by atoms with Crippen LogP contribution in [0.25, 0.3) is 0 Å². The first-order chi connectivity index (χ1) is 9.19. The highest BCUT2D eigenvalue weighted by atomic mass is 32.1. The number of carbonyl (C=O) groups excluding carboxylic acids is 1. The molecule has 6 heteroatoms. The molecule has 0 fully saturated rings. The van der Waals surface area contributed by atoms with Gasteiger partial charge < -0.3 is 14.0 Å². The van der Waals surface area contributed by atoms with E-state index < -0.39 is 0 Å². The molecule has 0 N–H and O–H groups in total. The number of aromatic nitrogens is 1. The molecule has 1 heterocycles. The zero-order valence-electron chi connectivity index (χ0n) is 10.7. The fraction of sp³-hybridized carbons (Fsp3) is 0.231. The maximum Gasteiger partial charge on any atom is 0.286 e. The van der Waals surface area contributed by atoms with Crippen molar-refractivity contribution in [1.82, 2.24) is 4.57 Å². The summed E-state index contributed by atoms with van der Waals surface area (Å²) >= 11 is 1.41. The van der Waals surface area contributed by atoms with Crippen LogP contribution in [-0.2, 0) is 11.8 Å². The van der Waals surface area contributed by atoms with Gasteiger partial charge in [-0.15, -0.1) is 11.3 Å². The van der Waals surface area contributed by atoms with Crippen LogP contribution in [0.3, 0.4) is 0 Å². The lowest BCUT2D eigenvalue weighted by molar-refractivity contribution is -0.120. The molecule has 19 heavy (non-hydrogen) atoms. The van der Waals surface area contributed by atoms with E-state index in [4.69, 9.17) is 9.47 Å². The Morgan fingerprint density at radius 1 is 1.32 bits per heavy atom. The summed E-state index contributed by atoms with van der Waals surface area (Å²) in [5.74, 6) is 1.04. The average molecular weight is 278 g/mol. The summed E-state index contributed by atoms with van der Waals surface area (Å²) in [6, 6.07) is 7.04. The number of hydrogen-bond donors (Lipinski definition) is 0. The monoisotopic (exact) mass is 278 g/mol. The molecule has 0 atom stereocenters. The lowest BCUT2D eigenvalue weighted by Gasteiger charge is -2.04. The second-order valence-electron chi connectivity index (χ2n) is 3.77. The molecule has 0 radical (unpaired) electrons. The molecule has 0 aliphatic carbocycles. The summed E-state index contributed by atoms with van der Waals surface area (Å²) in [6.07, 6.45) is 1.85. The Labute approximate surface area is 114 Å². The molecule has 1 aromatic heterocycles. The van der Waals surface area contributed by atoms with Gasteiger partial charge in [0, 0.05) is 18.6 Å². The van der Waals surface area contributed by atoms with Crippen LogP contribution < -0.4 is 14.3 Å². The van der Waals surface area contributed by atoms with Gasteiger partial charge in [0.1, 0.15) is 11.5 Å². The average Bonchev–Trinajstić information content (AvgIpc) is 2.82. The maximum atomic E-state index is 11.6. The minimum absolute atomic E-state index is 0.0791. The lowest BCUT2D eigenvalue weighted by atomic mass is 10.3. The largest absolute Gasteiger partial charge is 0.497 e. The van der Waals surface area contributed by atoms with Crippen molar-refractivity contribution < 1.29 is 14.3 Å². The number of ether oxygens (including phenoxy) is 2. The molecule has 2 rings (SSSR count). The van der Waals surface area contributed by atoms with Crippen LogP contribution in [0.1, 0.15) is 0 Å². The SMILES string of the molecule is COc1ccc(OCC(=O)N=c2sccn2C)cc1. The molecule has 0 saturated heterocycles. The summed E-state index contributed by atoms with van der Waals surface area (Å²) in [5, 5.41) is 1.87. The number of aryl methyl sites for hydroxylation is 1. The molecule has 0 saturated carbocycles. The van der Waals surface area contributed by atoms with E-state index in [1.165, 1.54) is 11.3 Å². The van der Waals surface area contributed by atoms with E-state index in [2.05, 4.69) is 4.99 Å². The van der Waals surface area contributed by atoms with Crippen LogP contribution in [-0.4, -0.2) is 24.2 Å². The van der Waals surface area contributed by atoms with Crippen molar-refractivity contribution in [2.24, 2.45) is 12.0 Å². The molecule has 0 aliphatic heterocycles. The third-order valence-electron chi connectivity index (χ3n) is 2.40. The quantitative estimate of drug-likeness (QED) is 0.853. The van der Waals surface area contributed by atoms with Crippen molar-refractivity contribution in [2.45, 2.75) is 0 Å². The fourth-order valence-corrected chi connectivity index (χ4v) is 2.14. The van der Waals surface area contributed by atoms with Crippen LogP contribution in [0.4, 0.5) is 0 Å². The molecule has 100 valence electrons. The number of benzene rings is 1. The fourth-order valence-electron chi connectivity index (χ4n) is 1.39. The Hall–Kier alpha value is -2.08. The summed E-state index contributed by atoms with van der Waals surface area (Å²) in [5.41, 5.74) is 0. The van der Waals surface area contributed by atoms with Gasteiger partial charge in [0.05, 0.1) is 7.11 Å². The molecule has 2 aromatic rings. The molecule has 5 nitrogen and oxygen atoms in total. The smallest absolute Gasteiger partial charge is 0.286 e. The minimum Gasteiger partial charge on any atom is -0.497 e. The molecule has 0 spiro atoms. The van der Waals surface area contributed by atoms with Gasteiger partial charge in [0.2, 0.25) is 0 Å². The molecule has 0 unspecified atom stereocenters. The van der Waals surface area contributed by atoms with Gasteiger partial charge in [0.15, 0.2) is 11.4 Å². The molecular formula is C13H14N2O3S. The maximum absolute atomic E-state index is 11.6. The van der Waals surface area contributed by atoms with Gasteiger partial charge in [0.25, 0.3) is 5.91 Å². The van der Waals surface area contributed by atoms with Crippen LogP contribution in [0.2, 0.25) is 0 Å². The number of nitrogens with zero attached hydrogens (tertiary/aromatic N) is 2. The second-order valence-corrected chi connectivity index (χ2v) is 4.64. The summed E-state index contributed by atoms with van der Waals surface area (Å²) in [6.45, 7) is -0.0791. The summed E-state index contributed by atoms with van der Waals surface area (Å²) in [4.78, 5) is 16.3. The minimum atomic E-state index is -0.311. The van der Waals surface area contributed by atoms with Crippen LogP contribution in [0, 0.1) is 0 Å². The van der Waals surface area contributed by atoms with Crippen LogP contribution in [0.5, 0.6) is 11.5 Å². The molecule has 1 amide bonds. The number of rotatable bonds is 4. The highest BCUT2D eigenvalue weighted by molar-refractivity contribution is 7.07. The summed E-state index contributed by atoms with van der Waals surface area (Å²) < 4.78 is 12.2. The predicted molar refractivity (Wildman–Crippen MR) is 72.3 cm³/mol. The molecule has 0 bridgehead atoms. The normalized spacial score (nSPS) is 11.4. The molecular weight excluding hydrogens is 264 g/mol. The second kappa shape index (κ2) is 6.19. The highest BCUT2D eigenvalue weighted by Gasteiger charge is 2.02. The van der Waals surface area contributed by atoms with Gasteiger partial charge in [-0.05, 0) is 24.3 Å². The van der Waals surface area contributed by atoms with Gasteiger partial charge in [-0.25, -0.2) is 0 Å². The van der Waals surface area contributed by atoms with E-state index in [-0.39, 0.29) is 12.5 Å². The Kier molecular flexibility index (Phi) is 4.35. The predicted octanol–water partition coefficient (Wildman–Crippen LogP) is 1.60. The zero-order chi connectivity index (χ0) is 13.7. The first-order valence-electron chi connectivity index (χ1n) is 5.63. The van der Waals surface area contributed by atoms with Crippen LogP contribution in [0.15, 0.2) is 40.8 Å². The van der Waals surface area contributed by atoms with Crippen molar-refractivity contribution >= 4 is 17.2 Å². The highest BCUT2D eigenvalue weighted by Crippen LogP contribution is 2.16.